The van der Waals surface area contributed by atoms with Gasteiger partial charge in [0.25, 0.3) is 11.8 Å². The van der Waals surface area contributed by atoms with Crippen molar-refractivity contribution >= 4 is 58.5 Å². The maximum absolute atomic E-state index is 13.9. The largest absolute Gasteiger partial charge is 0.478 e. The minimum Gasteiger partial charge on any atom is -0.478 e. The molecule has 2 N–H and O–H groups in total. The summed E-state index contributed by atoms with van der Waals surface area (Å²) < 4.78 is 5.81. The van der Waals surface area contributed by atoms with Gasteiger partial charge in [0.05, 0.1) is 29.0 Å². The normalized spacial score (nSPS) is 33.7. The Morgan fingerprint density at radius 1 is 1.08 bits per heavy atom. The number of aliphatic hydroxyl groups is 1. The molecule has 1 saturated carbocycles. The van der Waals surface area contributed by atoms with Crippen LogP contribution in [0, 0.1) is 17.8 Å². The van der Waals surface area contributed by atoms with E-state index in [9.17, 15) is 34.2 Å². The number of carboxylic acid groups (broad SMARTS) is 1. The molecule has 0 bridgehead atoms. The Bertz CT molecular complexity index is 1520. The summed E-state index contributed by atoms with van der Waals surface area (Å²) in [5.41, 5.74) is 0.604. The number of benzene rings is 1. The van der Waals surface area contributed by atoms with Crippen LogP contribution < -0.4 is 4.90 Å². The number of carbonyl (C=O) groups excluding carboxylic acids is 4. The SMILES string of the molecule is CN1C(=O)[C@]2(Cl)C[C@@H]3C(=CC[C@@H]4C(=O)N(c5cccc(C(=O)O)c5)C(=O)[C@@H]43)[C@H](c3ccc(CO)o3)[C@]2(Cl)C1=O. The summed E-state index contributed by atoms with van der Waals surface area (Å²) in [4.78, 5) is 63.8. The lowest BCUT2D eigenvalue weighted by Crippen LogP contribution is -2.60. The van der Waals surface area contributed by atoms with E-state index in [-0.39, 0.29) is 35.6 Å². The highest BCUT2D eigenvalue weighted by atomic mass is 35.5. The third kappa shape index (κ3) is 3.22. The number of allylic oxidation sites excluding steroid dienone is 2. The van der Waals surface area contributed by atoms with Gasteiger partial charge in [-0.2, -0.15) is 0 Å². The molecule has 2 aliphatic carbocycles. The first-order valence-corrected chi connectivity index (χ1v) is 13.0. The quantitative estimate of drug-likeness (QED) is 0.323. The van der Waals surface area contributed by atoms with Crippen molar-refractivity contribution in [1.29, 1.82) is 0 Å². The molecule has 1 aromatic carbocycles. The number of fused-ring (bicyclic) bond motifs is 4. The zero-order valence-electron chi connectivity index (χ0n) is 20.5. The molecule has 2 saturated heterocycles. The first-order chi connectivity index (χ1) is 18.5. The predicted molar refractivity (Wildman–Crippen MR) is 136 cm³/mol. The van der Waals surface area contributed by atoms with E-state index in [0.29, 0.717) is 5.57 Å². The molecule has 6 atom stereocenters. The molecule has 0 unspecified atom stereocenters. The molecule has 10 nitrogen and oxygen atoms in total. The number of rotatable bonds is 4. The van der Waals surface area contributed by atoms with Crippen molar-refractivity contribution in [1.82, 2.24) is 4.90 Å². The number of nitrogens with zero attached hydrogens (tertiary/aromatic N) is 2. The second-order valence-electron chi connectivity index (χ2n) is 10.3. The predicted octanol–water partition coefficient (Wildman–Crippen LogP) is 2.66. The first kappa shape index (κ1) is 25.8. The van der Waals surface area contributed by atoms with Gasteiger partial charge >= 0.3 is 5.97 Å². The zero-order valence-corrected chi connectivity index (χ0v) is 22.0. The van der Waals surface area contributed by atoms with Crippen LogP contribution in [-0.4, -0.2) is 61.5 Å². The van der Waals surface area contributed by atoms with Crippen LogP contribution in [-0.2, 0) is 25.8 Å². The number of hydrogen-bond acceptors (Lipinski definition) is 7. The second-order valence-corrected chi connectivity index (χ2v) is 11.6. The number of anilines is 1. The van der Waals surface area contributed by atoms with E-state index in [1.54, 1.807) is 12.1 Å². The molecular formula is C27H22Cl2N2O8. The number of halogens is 2. The number of alkyl halides is 2. The topological polar surface area (TPSA) is 145 Å². The Kier molecular flexibility index (Phi) is 5.63. The average molecular weight is 573 g/mol. The highest BCUT2D eigenvalue weighted by Gasteiger charge is 2.76. The van der Waals surface area contributed by atoms with Gasteiger partial charge in [-0.3, -0.25) is 29.0 Å². The van der Waals surface area contributed by atoms with Crippen LogP contribution in [0.1, 0.15) is 40.6 Å². The van der Waals surface area contributed by atoms with Gasteiger partial charge in [0.15, 0.2) is 9.75 Å². The summed E-state index contributed by atoms with van der Waals surface area (Å²) in [5, 5.41) is 19.0. The van der Waals surface area contributed by atoms with Crippen molar-refractivity contribution in [3.63, 3.8) is 0 Å². The number of carbonyl (C=O) groups is 5. The standard InChI is InChI=1S/C27H22Cl2N2O8/c1-30-24(37)26(28)10-17-15(20(27(26,29)25(30)38)18-8-5-14(11-32)39-18)6-7-16-19(17)22(34)31(21(16)33)13-4-2-3-12(9-13)23(35)36/h2-6,8-9,16-17,19-20,32H,7,10-11H2,1H3,(H,35,36)/t16-,17+,19-,20+,26+,27-/m0/s1. The Hall–Kier alpha value is -3.47. The van der Waals surface area contributed by atoms with Gasteiger partial charge < -0.3 is 14.6 Å². The van der Waals surface area contributed by atoms with Crippen LogP contribution in [0.3, 0.4) is 0 Å². The van der Waals surface area contributed by atoms with Gasteiger partial charge in [0, 0.05) is 7.05 Å². The van der Waals surface area contributed by atoms with Gasteiger partial charge in [-0.15, -0.1) is 23.2 Å². The van der Waals surface area contributed by atoms with Crippen molar-refractivity contribution < 1.29 is 38.6 Å². The third-order valence-corrected chi connectivity index (χ3v) is 9.90. The van der Waals surface area contributed by atoms with Crippen LogP contribution in [0.5, 0.6) is 0 Å². The second kappa shape index (κ2) is 8.51. The van der Waals surface area contributed by atoms with Crippen molar-refractivity contribution in [2.75, 3.05) is 11.9 Å². The van der Waals surface area contributed by atoms with Crippen LogP contribution >= 0.6 is 23.2 Å². The number of furan rings is 1. The van der Waals surface area contributed by atoms with E-state index in [1.165, 1.54) is 37.4 Å². The highest BCUT2D eigenvalue weighted by molar-refractivity contribution is 6.53. The van der Waals surface area contributed by atoms with Gasteiger partial charge in [0.2, 0.25) is 11.8 Å². The van der Waals surface area contributed by atoms with E-state index in [4.69, 9.17) is 27.6 Å². The molecular weight excluding hydrogens is 551 g/mol. The summed E-state index contributed by atoms with van der Waals surface area (Å²) >= 11 is 14.1. The zero-order chi connectivity index (χ0) is 28.0. The summed E-state index contributed by atoms with van der Waals surface area (Å²) in [6.45, 7) is -0.411. The minimum atomic E-state index is -1.97. The maximum Gasteiger partial charge on any atom is 0.335 e. The molecule has 0 radical (unpaired) electrons. The Balaban J connectivity index is 1.48. The van der Waals surface area contributed by atoms with Crippen LogP contribution in [0.25, 0.3) is 0 Å². The van der Waals surface area contributed by atoms with Crippen LogP contribution in [0.4, 0.5) is 5.69 Å². The lowest BCUT2D eigenvalue weighted by Gasteiger charge is -2.49. The molecule has 6 rings (SSSR count). The molecule has 39 heavy (non-hydrogen) atoms. The van der Waals surface area contributed by atoms with E-state index < -0.39 is 69.6 Å². The van der Waals surface area contributed by atoms with Gasteiger partial charge in [-0.1, -0.05) is 17.7 Å². The Morgan fingerprint density at radius 3 is 2.49 bits per heavy atom. The number of amides is 4. The van der Waals surface area contributed by atoms with Crippen molar-refractivity contribution in [2.24, 2.45) is 17.8 Å². The first-order valence-electron chi connectivity index (χ1n) is 12.3. The fraction of sp³-hybridized carbons (Fsp3) is 0.370. The number of hydrogen-bond donors (Lipinski definition) is 2. The molecule has 0 spiro atoms. The summed E-state index contributed by atoms with van der Waals surface area (Å²) in [6, 6.07) is 8.62. The molecule has 3 heterocycles. The fourth-order valence-electron chi connectivity index (χ4n) is 6.72. The molecule has 4 amide bonds. The maximum atomic E-state index is 13.9. The van der Waals surface area contributed by atoms with E-state index in [1.807, 2.05) is 0 Å². The molecule has 2 aliphatic heterocycles. The highest BCUT2D eigenvalue weighted by Crippen LogP contribution is 2.65. The van der Waals surface area contributed by atoms with Crippen molar-refractivity contribution in [3.05, 3.63) is 65.1 Å². The Labute approximate surface area is 231 Å². The molecule has 1 aromatic heterocycles. The van der Waals surface area contributed by atoms with E-state index in [2.05, 4.69) is 0 Å². The summed E-state index contributed by atoms with van der Waals surface area (Å²) in [5.74, 6) is -6.75. The smallest absolute Gasteiger partial charge is 0.335 e. The summed E-state index contributed by atoms with van der Waals surface area (Å²) in [7, 11) is 1.29. The molecule has 12 heteroatoms. The lowest BCUT2D eigenvalue weighted by atomic mass is 9.57. The van der Waals surface area contributed by atoms with Gasteiger partial charge in [0.1, 0.15) is 18.1 Å². The number of carboxylic acids is 1. The van der Waals surface area contributed by atoms with Crippen molar-refractivity contribution in [3.8, 4) is 0 Å². The van der Waals surface area contributed by atoms with Gasteiger partial charge in [-0.25, -0.2) is 4.79 Å². The molecule has 202 valence electrons. The fourth-order valence-corrected chi connectivity index (χ4v) is 7.72. The van der Waals surface area contributed by atoms with Crippen LogP contribution in [0.2, 0.25) is 0 Å². The lowest BCUT2D eigenvalue weighted by molar-refractivity contribution is -0.138. The van der Waals surface area contributed by atoms with E-state index >= 15 is 0 Å². The average Bonchev–Trinajstić information content (AvgIpc) is 3.53. The summed E-state index contributed by atoms with van der Waals surface area (Å²) in [6.07, 6.45) is 1.74. The van der Waals surface area contributed by atoms with Crippen LogP contribution in [0.15, 0.2) is 52.5 Å². The monoisotopic (exact) mass is 572 g/mol. The number of aliphatic hydroxyl groups excluding tert-OH is 1. The third-order valence-electron chi connectivity index (χ3n) is 8.49. The van der Waals surface area contributed by atoms with E-state index in [0.717, 1.165) is 9.80 Å². The molecule has 4 aliphatic rings. The minimum absolute atomic E-state index is 0.0817. The number of imide groups is 2. The number of likely N-dealkylation sites (tertiary alicyclic amines) is 1. The number of aromatic carboxylic acids is 1. The van der Waals surface area contributed by atoms with Crippen molar-refractivity contribution in [2.45, 2.75) is 35.1 Å². The molecule has 2 aromatic rings. The Morgan fingerprint density at radius 2 is 1.82 bits per heavy atom. The molecule has 3 fully saturated rings. The van der Waals surface area contributed by atoms with Gasteiger partial charge in [-0.05, 0) is 49.1 Å².